The maximum Gasteiger partial charge on any atom is 0.265 e. The van der Waals surface area contributed by atoms with E-state index in [0.717, 1.165) is 0 Å². The zero-order valence-electron chi connectivity index (χ0n) is 11.1. The van der Waals surface area contributed by atoms with Gasteiger partial charge < -0.3 is 10.1 Å². The van der Waals surface area contributed by atoms with Crippen LogP contribution >= 0.6 is 34.8 Å². The lowest BCUT2D eigenvalue weighted by atomic mass is 10.3. The fraction of sp³-hybridized carbons (Fsp3) is 0.133. The molecular weight excluding hydrogens is 333 g/mol. The van der Waals surface area contributed by atoms with E-state index in [1.807, 2.05) is 0 Å². The lowest BCUT2D eigenvalue weighted by Crippen LogP contribution is -2.30. The number of hydrogen-bond acceptors (Lipinski definition) is 2. The highest BCUT2D eigenvalue weighted by atomic mass is 35.5. The number of ether oxygens (including phenoxy) is 1. The van der Waals surface area contributed by atoms with Crippen LogP contribution in [0, 0.1) is 0 Å². The molecule has 0 aliphatic heterocycles. The summed E-state index contributed by atoms with van der Waals surface area (Å²) in [5, 5.41) is 4.11. The fourth-order valence-electron chi connectivity index (χ4n) is 1.62. The van der Waals surface area contributed by atoms with Gasteiger partial charge in [0.2, 0.25) is 0 Å². The number of amides is 1. The SMILES string of the molecule is CC(Oc1ccc(Cl)cc1Cl)C(=O)Nc1cccc(Cl)c1. The molecule has 0 bridgehead atoms. The van der Waals surface area contributed by atoms with Crippen molar-refractivity contribution in [3.63, 3.8) is 0 Å². The molecule has 6 heteroatoms. The minimum Gasteiger partial charge on any atom is -0.479 e. The summed E-state index contributed by atoms with van der Waals surface area (Å²) < 4.78 is 5.53. The van der Waals surface area contributed by atoms with Gasteiger partial charge in [0.05, 0.1) is 5.02 Å². The van der Waals surface area contributed by atoms with Crippen LogP contribution < -0.4 is 10.1 Å². The first-order chi connectivity index (χ1) is 9.95. The summed E-state index contributed by atoms with van der Waals surface area (Å²) in [5.41, 5.74) is 0.602. The molecule has 1 unspecified atom stereocenters. The molecule has 0 aliphatic rings. The standard InChI is InChI=1S/C15H12Cl3NO2/c1-9(21-14-6-5-11(17)8-13(14)18)15(20)19-12-4-2-3-10(16)7-12/h2-9H,1H3,(H,19,20). The van der Waals surface area contributed by atoms with Crippen molar-refractivity contribution in [1.29, 1.82) is 0 Å². The quantitative estimate of drug-likeness (QED) is 0.842. The zero-order valence-corrected chi connectivity index (χ0v) is 13.3. The molecule has 0 aliphatic carbocycles. The minimum absolute atomic E-state index is 0.303. The molecular formula is C15H12Cl3NO2. The summed E-state index contributed by atoms with van der Waals surface area (Å²) in [6.45, 7) is 1.63. The van der Waals surface area contributed by atoms with Crippen LogP contribution in [0.4, 0.5) is 5.69 Å². The number of benzene rings is 2. The Balaban J connectivity index is 2.02. The fourth-order valence-corrected chi connectivity index (χ4v) is 2.27. The predicted octanol–water partition coefficient (Wildman–Crippen LogP) is 5.05. The molecule has 2 rings (SSSR count). The van der Waals surface area contributed by atoms with Crippen LogP contribution in [0.2, 0.25) is 15.1 Å². The van der Waals surface area contributed by atoms with Crippen LogP contribution in [-0.4, -0.2) is 12.0 Å². The highest BCUT2D eigenvalue weighted by Crippen LogP contribution is 2.28. The van der Waals surface area contributed by atoms with Gasteiger partial charge in [-0.1, -0.05) is 40.9 Å². The summed E-state index contributed by atoms with van der Waals surface area (Å²) in [5.74, 6) is 0.0955. The van der Waals surface area contributed by atoms with Gasteiger partial charge in [-0.25, -0.2) is 0 Å². The third-order valence-electron chi connectivity index (χ3n) is 2.66. The Morgan fingerprint density at radius 2 is 1.81 bits per heavy atom. The molecule has 2 aromatic rings. The van der Waals surface area contributed by atoms with Gasteiger partial charge in [-0.3, -0.25) is 4.79 Å². The van der Waals surface area contributed by atoms with Gasteiger partial charge in [0.1, 0.15) is 5.75 Å². The van der Waals surface area contributed by atoms with E-state index in [-0.39, 0.29) is 5.91 Å². The summed E-state index contributed by atoms with van der Waals surface area (Å²) in [7, 11) is 0. The summed E-state index contributed by atoms with van der Waals surface area (Å²) >= 11 is 17.7. The largest absolute Gasteiger partial charge is 0.479 e. The molecule has 0 aromatic heterocycles. The Hall–Kier alpha value is -1.42. The van der Waals surface area contributed by atoms with Gasteiger partial charge in [0.15, 0.2) is 6.10 Å². The second-order valence-corrected chi connectivity index (χ2v) is 5.61. The molecule has 0 fully saturated rings. The van der Waals surface area contributed by atoms with Crippen LogP contribution in [-0.2, 0) is 4.79 Å². The van der Waals surface area contributed by atoms with E-state index in [1.54, 1.807) is 49.4 Å². The van der Waals surface area contributed by atoms with Crippen LogP contribution in [0.3, 0.4) is 0 Å². The first kappa shape index (κ1) is 16.0. The Labute approximate surface area is 137 Å². The molecule has 21 heavy (non-hydrogen) atoms. The summed E-state index contributed by atoms with van der Waals surface area (Å²) in [6, 6.07) is 11.7. The Morgan fingerprint density at radius 3 is 2.48 bits per heavy atom. The average molecular weight is 345 g/mol. The smallest absolute Gasteiger partial charge is 0.265 e. The monoisotopic (exact) mass is 343 g/mol. The number of carbonyl (C=O) groups is 1. The van der Waals surface area contributed by atoms with E-state index < -0.39 is 6.10 Å². The Morgan fingerprint density at radius 1 is 1.10 bits per heavy atom. The highest BCUT2D eigenvalue weighted by molar-refractivity contribution is 6.35. The predicted molar refractivity (Wildman–Crippen MR) is 86.6 cm³/mol. The number of carbonyl (C=O) groups excluding carboxylic acids is 1. The van der Waals surface area contributed by atoms with Crippen molar-refractivity contribution in [2.75, 3.05) is 5.32 Å². The Bertz CT molecular complexity index is 661. The van der Waals surface area contributed by atoms with Gasteiger partial charge in [0, 0.05) is 15.7 Å². The second kappa shape index (κ2) is 7.03. The molecule has 1 amide bonds. The number of anilines is 1. The number of halogens is 3. The first-order valence-electron chi connectivity index (χ1n) is 6.14. The van der Waals surface area contributed by atoms with E-state index in [0.29, 0.717) is 26.5 Å². The van der Waals surface area contributed by atoms with Crippen LogP contribution in [0.15, 0.2) is 42.5 Å². The van der Waals surface area contributed by atoms with E-state index in [9.17, 15) is 4.79 Å². The average Bonchev–Trinajstić information content (AvgIpc) is 2.41. The third kappa shape index (κ3) is 4.53. The van der Waals surface area contributed by atoms with Crippen molar-refractivity contribution in [1.82, 2.24) is 0 Å². The van der Waals surface area contributed by atoms with E-state index >= 15 is 0 Å². The number of nitrogens with one attached hydrogen (secondary N) is 1. The maximum absolute atomic E-state index is 12.1. The van der Waals surface area contributed by atoms with E-state index in [1.165, 1.54) is 0 Å². The molecule has 1 N–H and O–H groups in total. The molecule has 0 saturated heterocycles. The number of hydrogen-bond donors (Lipinski definition) is 1. The molecule has 2 aromatic carbocycles. The molecule has 0 heterocycles. The Kier molecular flexibility index (Phi) is 5.34. The molecule has 0 spiro atoms. The van der Waals surface area contributed by atoms with Crippen LogP contribution in [0.25, 0.3) is 0 Å². The van der Waals surface area contributed by atoms with Gasteiger partial charge >= 0.3 is 0 Å². The second-order valence-electron chi connectivity index (χ2n) is 4.33. The van der Waals surface area contributed by atoms with Gasteiger partial charge in [-0.2, -0.15) is 0 Å². The topological polar surface area (TPSA) is 38.3 Å². The van der Waals surface area contributed by atoms with Crippen molar-refractivity contribution in [3.8, 4) is 5.75 Å². The van der Waals surface area contributed by atoms with Crippen molar-refractivity contribution < 1.29 is 9.53 Å². The van der Waals surface area contributed by atoms with Crippen molar-refractivity contribution in [3.05, 3.63) is 57.5 Å². The van der Waals surface area contributed by atoms with Crippen molar-refractivity contribution in [2.24, 2.45) is 0 Å². The third-order valence-corrected chi connectivity index (χ3v) is 3.42. The lowest BCUT2D eigenvalue weighted by Gasteiger charge is -2.15. The van der Waals surface area contributed by atoms with Crippen molar-refractivity contribution >= 4 is 46.4 Å². The lowest BCUT2D eigenvalue weighted by molar-refractivity contribution is -0.122. The maximum atomic E-state index is 12.1. The summed E-state index contributed by atoms with van der Waals surface area (Å²) in [4.78, 5) is 12.1. The summed E-state index contributed by atoms with van der Waals surface area (Å²) in [6.07, 6.45) is -0.720. The van der Waals surface area contributed by atoms with Crippen LogP contribution in [0.5, 0.6) is 5.75 Å². The molecule has 3 nitrogen and oxygen atoms in total. The molecule has 0 radical (unpaired) electrons. The molecule has 0 saturated carbocycles. The van der Waals surface area contributed by atoms with Gasteiger partial charge in [-0.05, 0) is 43.3 Å². The van der Waals surface area contributed by atoms with Gasteiger partial charge in [0.25, 0.3) is 5.91 Å². The van der Waals surface area contributed by atoms with E-state index in [4.69, 9.17) is 39.5 Å². The zero-order chi connectivity index (χ0) is 15.4. The molecule has 110 valence electrons. The van der Waals surface area contributed by atoms with Crippen molar-refractivity contribution in [2.45, 2.75) is 13.0 Å². The molecule has 1 atom stereocenters. The van der Waals surface area contributed by atoms with Gasteiger partial charge in [-0.15, -0.1) is 0 Å². The first-order valence-corrected chi connectivity index (χ1v) is 7.27. The van der Waals surface area contributed by atoms with Crippen LogP contribution in [0.1, 0.15) is 6.92 Å². The number of rotatable bonds is 4. The van der Waals surface area contributed by atoms with E-state index in [2.05, 4.69) is 5.32 Å². The minimum atomic E-state index is -0.720. The highest BCUT2D eigenvalue weighted by Gasteiger charge is 2.16. The normalized spacial score (nSPS) is 11.8.